The van der Waals surface area contributed by atoms with E-state index in [0.717, 1.165) is 18.2 Å². The highest BCUT2D eigenvalue weighted by Gasteiger charge is 2.19. The molecule has 0 saturated heterocycles. The second-order valence-corrected chi connectivity index (χ2v) is 4.04. The molecule has 0 heterocycles. The van der Waals surface area contributed by atoms with E-state index in [4.69, 9.17) is 0 Å². The topological polar surface area (TPSA) is 12.0 Å². The van der Waals surface area contributed by atoms with Gasteiger partial charge in [0.05, 0.1) is 6.04 Å². The van der Waals surface area contributed by atoms with Gasteiger partial charge in [-0.25, -0.2) is 17.6 Å². The van der Waals surface area contributed by atoms with E-state index in [1.807, 2.05) is 0 Å². The first-order valence-corrected chi connectivity index (χ1v) is 5.60. The van der Waals surface area contributed by atoms with Gasteiger partial charge in [-0.05, 0) is 30.8 Å². The summed E-state index contributed by atoms with van der Waals surface area (Å²) in [6, 6.07) is 6.22. The molecule has 19 heavy (non-hydrogen) atoms. The fourth-order valence-corrected chi connectivity index (χ4v) is 1.94. The predicted octanol–water partition coefficient (Wildman–Crippen LogP) is 3.55. The molecule has 1 N–H and O–H groups in total. The molecule has 2 rings (SSSR count). The number of benzene rings is 2. The monoisotopic (exact) mass is 269 g/mol. The van der Waals surface area contributed by atoms with E-state index in [-0.39, 0.29) is 5.56 Å². The Kier molecular flexibility index (Phi) is 3.85. The van der Waals surface area contributed by atoms with E-state index in [1.54, 1.807) is 0 Å². The number of nitrogens with one attached hydrogen (secondary N) is 1. The number of hydrogen-bond donors (Lipinski definition) is 1. The lowest BCUT2D eigenvalue weighted by Gasteiger charge is -2.18. The molecule has 2 aromatic carbocycles. The third kappa shape index (κ3) is 2.61. The standard InChI is InChI=1S/C14H11F4N/c1-19-14(8-5-6-10(15)12(17)7-8)9-3-2-4-11(16)13(9)18/h2-7,14,19H,1H3. The summed E-state index contributed by atoms with van der Waals surface area (Å²) in [4.78, 5) is 0. The first kappa shape index (κ1) is 13.5. The van der Waals surface area contributed by atoms with Crippen LogP contribution in [0.15, 0.2) is 36.4 Å². The minimum atomic E-state index is -1.03. The second kappa shape index (κ2) is 5.40. The smallest absolute Gasteiger partial charge is 0.163 e. The Morgan fingerprint density at radius 2 is 1.63 bits per heavy atom. The molecule has 5 heteroatoms. The van der Waals surface area contributed by atoms with Crippen LogP contribution in [0.1, 0.15) is 17.2 Å². The van der Waals surface area contributed by atoms with Crippen LogP contribution in [0.25, 0.3) is 0 Å². The molecule has 0 bridgehead atoms. The van der Waals surface area contributed by atoms with Crippen LogP contribution in [-0.2, 0) is 0 Å². The van der Waals surface area contributed by atoms with Crippen LogP contribution in [0.5, 0.6) is 0 Å². The molecule has 0 aliphatic rings. The van der Waals surface area contributed by atoms with Crippen molar-refractivity contribution in [1.82, 2.24) is 5.32 Å². The molecular formula is C14H11F4N. The molecule has 0 spiro atoms. The largest absolute Gasteiger partial charge is 0.309 e. The highest BCUT2D eigenvalue weighted by Crippen LogP contribution is 2.26. The van der Waals surface area contributed by atoms with Crippen molar-refractivity contribution in [3.05, 3.63) is 70.8 Å². The van der Waals surface area contributed by atoms with E-state index in [9.17, 15) is 17.6 Å². The molecule has 0 aliphatic heterocycles. The van der Waals surface area contributed by atoms with Gasteiger partial charge in [-0.3, -0.25) is 0 Å². The van der Waals surface area contributed by atoms with Gasteiger partial charge in [-0.2, -0.15) is 0 Å². The summed E-state index contributed by atoms with van der Waals surface area (Å²) in [6.45, 7) is 0. The third-order valence-corrected chi connectivity index (χ3v) is 2.86. The molecule has 1 nitrogen and oxygen atoms in total. The van der Waals surface area contributed by atoms with Crippen LogP contribution in [0.4, 0.5) is 17.6 Å². The Morgan fingerprint density at radius 3 is 2.26 bits per heavy atom. The highest BCUT2D eigenvalue weighted by atomic mass is 19.2. The zero-order chi connectivity index (χ0) is 14.0. The fourth-order valence-electron chi connectivity index (χ4n) is 1.94. The normalized spacial score (nSPS) is 12.5. The minimum absolute atomic E-state index is 0.0357. The lowest BCUT2D eigenvalue weighted by molar-refractivity contribution is 0.484. The van der Waals surface area contributed by atoms with Crippen LogP contribution in [0.3, 0.4) is 0 Å². The van der Waals surface area contributed by atoms with Crippen molar-refractivity contribution in [2.45, 2.75) is 6.04 Å². The first-order chi connectivity index (χ1) is 9.04. The van der Waals surface area contributed by atoms with Gasteiger partial charge in [0, 0.05) is 5.56 Å². The van der Waals surface area contributed by atoms with Crippen molar-refractivity contribution in [2.75, 3.05) is 7.05 Å². The molecule has 2 aromatic rings. The Morgan fingerprint density at radius 1 is 0.895 bits per heavy atom. The molecule has 0 aromatic heterocycles. The van der Waals surface area contributed by atoms with Gasteiger partial charge in [0.15, 0.2) is 23.3 Å². The predicted molar refractivity (Wildman–Crippen MR) is 63.6 cm³/mol. The summed E-state index contributed by atoms with van der Waals surface area (Å²) in [5, 5.41) is 2.75. The molecule has 0 aliphatic carbocycles. The van der Waals surface area contributed by atoms with E-state index in [0.29, 0.717) is 5.56 Å². The van der Waals surface area contributed by atoms with E-state index < -0.39 is 29.3 Å². The number of hydrogen-bond acceptors (Lipinski definition) is 1. The van der Waals surface area contributed by atoms with Crippen molar-refractivity contribution in [2.24, 2.45) is 0 Å². The zero-order valence-corrected chi connectivity index (χ0v) is 10.1. The highest BCUT2D eigenvalue weighted by molar-refractivity contribution is 5.33. The molecule has 0 radical (unpaired) electrons. The Hall–Kier alpha value is -1.88. The summed E-state index contributed by atoms with van der Waals surface area (Å²) in [6.07, 6.45) is 0. The van der Waals surface area contributed by atoms with E-state index >= 15 is 0 Å². The molecule has 1 atom stereocenters. The zero-order valence-electron chi connectivity index (χ0n) is 10.1. The van der Waals surface area contributed by atoms with Crippen LogP contribution >= 0.6 is 0 Å². The summed E-state index contributed by atoms with van der Waals surface area (Å²) in [7, 11) is 1.52. The summed E-state index contributed by atoms with van der Waals surface area (Å²) >= 11 is 0. The average molecular weight is 269 g/mol. The SMILES string of the molecule is CNC(c1ccc(F)c(F)c1)c1cccc(F)c1F. The van der Waals surface area contributed by atoms with E-state index in [1.165, 1.54) is 25.2 Å². The molecule has 0 fully saturated rings. The molecule has 0 amide bonds. The average Bonchev–Trinajstić information content (AvgIpc) is 2.39. The maximum absolute atomic E-state index is 13.7. The van der Waals surface area contributed by atoms with Gasteiger partial charge in [0.1, 0.15) is 0 Å². The third-order valence-electron chi connectivity index (χ3n) is 2.86. The quantitative estimate of drug-likeness (QED) is 0.840. The summed E-state index contributed by atoms with van der Waals surface area (Å²) in [5.41, 5.74) is 0.347. The molecular weight excluding hydrogens is 258 g/mol. The molecule has 100 valence electrons. The van der Waals surface area contributed by atoms with Crippen molar-refractivity contribution in [3.8, 4) is 0 Å². The second-order valence-electron chi connectivity index (χ2n) is 4.04. The van der Waals surface area contributed by atoms with E-state index in [2.05, 4.69) is 5.32 Å². The van der Waals surface area contributed by atoms with Gasteiger partial charge in [-0.15, -0.1) is 0 Å². The van der Waals surface area contributed by atoms with Gasteiger partial charge in [-0.1, -0.05) is 18.2 Å². The first-order valence-electron chi connectivity index (χ1n) is 5.60. The van der Waals surface area contributed by atoms with Gasteiger partial charge in [0.25, 0.3) is 0 Å². The van der Waals surface area contributed by atoms with Gasteiger partial charge >= 0.3 is 0 Å². The van der Waals surface area contributed by atoms with Crippen LogP contribution in [0.2, 0.25) is 0 Å². The Bertz CT molecular complexity index is 598. The van der Waals surface area contributed by atoms with Crippen LogP contribution in [-0.4, -0.2) is 7.05 Å². The maximum Gasteiger partial charge on any atom is 0.163 e. The summed E-state index contributed by atoms with van der Waals surface area (Å²) in [5.74, 6) is -4.01. The minimum Gasteiger partial charge on any atom is -0.309 e. The van der Waals surface area contributed by atoms with Crippen molar-refractivity contribution in [1.29, 1.82) is 0 Å². The molecule has 0 saturated carbocycles. The van der Waals surface area contributed by atoms with Crippen LogP contribution in [0, 0.1) is 23.3 Å². The van der Waals surface area contributed by atoms with Crippen molar-refractivity contribution < 1.29 is 17.6 Å². The lowest BCUT2D eigenvalue weighted by Crippen LogP contribution is -2.19. The van der Waals surface area contributed by atoms with Crippen LogP contribution < -0.4 is 5.32 Å². The number of rotatable bonds is 3. The maximum atomic E-state index is 13.7. The summed E-state index contributed by atoms with van der Waals surface area (Å²) < 4.78 is 53.0. The Labute approximate surface area is 107 Å². The van der Waals surface area contributed by atoms with Crippen molar-refractivity contribution in [3.63, 3.8) is 0 Å². The lowest BCUT2D eigenvalue weighted by atomic mass is 9.98. The Balaban J connectivity index is 2.50. The van der Waals surface area contributed by atoms with Crippen molar-refractivity contribution >= 4 is 0 Å². The molecule has 1 unspecified atom stereocenters. The fraction of sp³-hybridized carbons (Fsp3) is 0.143. The number of halogens is 4. The van der Waals surface area contributed by atoms with Gasteiger partial charge < -0.3 is 5.32 Å². The van der Waals surface area contributed by atoms with Gasteiger partial charge in [0.2, 0.25) is 0 Å².